The first-order chi connectivity index (χ1) is 8.21. The van der Waals surface area contributed by atoms with Crippen LogP contribution in [0.25, 0.3) is 0 Å². The monoisotopic (exact) mass is 253 g/mol. The minimum Gasteiger partial charge on any atom is -0.507 e. The van der Waals surface area contributed by atoms with E-state index in [4.69, 9.17) is 0 Å². The summed E-state index contributed by atoms with van der Waals surface area (Å²) < 4.78 is 12.8. The van der Waals surface area contributed by atoms with Gasteiger partial charge in [0.25, 0.3) is 5.91 Å². The lowest BCUT2D eigenvalue weighted by Crippen LogP contribution is -2.33. The summed E-state index contributed by atoms with van der Waals surface area (Å²) in [5.74, 6) is -0.990. The summed E-state index contributed by atoms with van der Waals surface area (Å²) >= 11 is 0. The number of halogens is 1. The van der Waals surface area contributed by atoms with Crippen molar-refractivity contribution in [2.75, 3.05) is 6.54 Å². The normalized spacial score (nSPS) is 13.2. The molecule has 0 radical (unpaired) electrons. The van der Waals surface area contributed by atoms with Gasteiger partial charge in [-0.15, -0.1) is 0 Å². The van der Waals surface area contributed by atoms with Crippen LogP contribution in [0, 0.1) is 17.2 Å². The first-order valence-corrected chi connectivity index (χ1v) is 5.98. The van der Waals surface area contributed by atoms with Crippen molar-refractivity contribution in [1.82, 2.24) is 5.32 Å². The average Bonchev–Trinajstić information content (AvgIpc) is 2.24. The van der Waals surface area contributed by atoms with Crippen molar-refractivity contribution in [2.24, 2.45) is 11.3 Å². The highest BCUT2D eigenvalue weighted by atomic mass is 19.1. The van der Waals surface area contributed by atoms with E-state index in [0.29, 0.717) is 12.5 Å². The Bertz CT molecular complexity index is 438. The van der Waals surface area contributed by atoms with Gasteiger partial charge in [0.1, 0.15) is 11.6 Å². The van der Waals surface area contributed by atoms with Gasteiger partial charge in [0.2, 0.25) is 0 Å². The fourth-order valence-corrected chi connectivity index (χ4v) is 1.34. The molecule has 0 fully saturated rings. The number of phenolic OH excluding ortho intramolecular Hbond substituents is 1. The Hall–Kier alpha value is -1.58. The van der Waals surface area contributed by atoms with E-state index in [1.807, 2.05) is 6.92 Å². The van der Waals surface area contributed by atoms with E-state index in [-0.39, 0.29) is 22.6 Å². The number of hydrogen-bond donors (Lipinski definition) is 2. The van der Waals surface area contributed by atoms with E-state index >= 15 is 0 Å². The first kappa shape index (κ1) is 14.5. The van der Waals surface area contributed by atoms with Gasteiger partial charge in [-0.1, -0.05) is 27.7 Å². The third kappa shape index (κ3) is 3.72. The molecule has 1 amide bonds. The number of nitrogens with one attached hydrogen (secondary N) is 1. The molecule has 4 heteroatoms. The Morgan fingerprint density at radius 2 is 2.06 bits per heavy atom. The van der Waals surface area contributed by atoms with Crippen LogP contribution in [0.1, 0.15) is 38.1 Å². The Kier molecular flexibility index (Phi) is 4.33. The average molecular weight is 253 g/mol. The molecule has 0 aliphatic heterocycles. The van der Waals surface area contributed by atoms with Crippen molar-refractivity contribution in [2.45, 2.75) is 27.7 Å². The largest absolute Gasteiger partial charge is 0.507 e. The molecule has 0 saturated heterocycles. The fraction of sp³-hybridized carbons (Fsp3) is 0.500. The minimum absolute atomic E-state index is 0.0949. The molecule has 1 unspecified atom stereocenters. The van der Waals surface area contributed by atoms with Gasteiger partial charge in [0.15, 0.2) is 0 Å². The summed E-state index contributed by atoms with van der Waals surface area (Å²) in [6.45, 7) is 8.85. The van der Waals surface area contributed by atoms with Gasteiger partial charge in [0.05, 0.1) is 5.56 Å². The van der Waals surface area contributed by atoms with Gasteiger partial charge in [-0.05, 0) is 23.5 Å². The van der Waals surface area contributed by atoms with Crippen molar-refractivity contribution in [3.8, 4) is 5.75 Å². The second-order valence-corrected chi connectivity index (χ2v) is 5.64. The lowest BCUT2D eigenvalue weighted by molar-refractivity contribution is 0.0934. The molecular weight excluding hydrogens is 233 g/mol. The number of hydrogen-bond acceptors (Lipinski definition) is 2. The van der Waals surface area contributed by atoms with Gasteiger partial charge in [0, 0.05) is 12.6 Å². The van der Waals surface area contributed by atoms with Gasteiger partial charge >= 0.3 is 0 Å². The van der Waals surface area contributed by atoms with Crippen molar-refractivity contribution in [3.63, 3.8) is 0 Å². The zero-order valence-electron chi connectivity index (χ0n) is 11.2. The lowest BCUT2D eigenvalue weighted by Gasteiger charge is -2.27. The topological polar surface area (TPSA) is 49.3 Å². The predicted molar refractivity (Wildman–Crippen MR) is 69.0 cm³/mol. The van der Waals surface area contributed by atoms with E-state index in [2.05, 4.69) is 26.1 Å². The second-order valence-electron chi connectivity index (χ2n) is 5.64. The van der Waals surface area contributed by atoms with E-state index in [9.17, 15) is 14.3 Å². The van der Waals surface area contributed by atoms with Crippen LogP contribution >= 0.6 is 0 Å². The third-order valence-electron chi connectivity index (χ3n) is 3.25. The van der Waals surface area contributed by atoms with Crippen LogP contribution in [0.3, 0.4) is 0 Å². The smallest absolute Gasteiger partial charge is 0.255 e. The highest BCUT2D eigenvalue weighted by Crippen LogP contribution is 2.24. The number of rotatable bonds is 3. The molecule has 2 N–H and O–H groups in total. The molecule has 3 nitrogen and oxygen atoms in total. The standard InChI is InChI=1S/C14H20FNO2/c1-9(14(2,3)4)8-16-13(18)11-6-5-10(15)7-12(11)17/h5-7,9,17H,8H2,1-4H3,(H,16,18). The van der Waals surface area contributed by atoms with Crippen LogP contribution < -0.4 is 5.32 Å². The SMILES string of the molecule is CC(CNC(=O)c1ccc(F)cc1O)C(C)(C)C. The van der Waals surface area contributed by atoms with E-state index in [0.717, 1.165) is 12.1 Å². The molecule has 0 aliphatic rings. The molecule has 0 saturated carbocycles. The molecule has 1 aromatic rings. The molecule has 1 atom stereocenters. The van der Waals surface area contributed by atoms with Crippen LogP contribution in [0.2, 0.25) is 0 Å². The Morgan fingerprint density at radius 1 is 1.44 bits per heavy atom. The predicted octanol–water partition coefficient (Wildman–Crippen LogP) is 2.94. The van der Waals surface area contributed by atoms with Gasteiger partial charge in [-0.2, -0.15) is 0 Å². The summed E-state index contributed by atoms with van der Waals surface area (Å²) in [4.78, 5) is 11.8. The molecule has 100 valence electrons. The van der Waals surface area contributed by atoms with Crippen molar-refractivity contribution in [3.05, 3.63) is 29.6 Å². The molecule has 0 aliphatic carbocycles. The minimum atomic E-state index is -0.563. The maximum atomic E-state index is 12.8. The molecule has 0 aromatic heterocycles. The van der Waals surface area contributed by atoms with Crippen LogP contribution in [0.4, 0.5) is 4.39 Å². The number of carbonyl (C=O) groups is 1. The molecule has 0 spiro atoms. The maximum Gasteiger partial charge on any atom is 0.255 e. The maximum absolute atomic E-state index is 12.8. The van der Waals surface area contributed by atoms with Crippen molar-refractivity contribution in [1.29, 1.82) is 0 Å². The molecule has 1 rings (SSSR count). The number of aromatic hydroxyl groups is 1. The zero-order valence-corrected chi connectivity index (χ0v) is 11.2. The van der Waals surface area contributed by atoms with Gasteiger partial charge in [-0.25, -0.2) is 4.39 Å². The van der Waals surface area contributed by atoms with E-state index < -0.39 is 5.82 Å². The molecular formula is C14H20FNO2. The summed E-state index contributed by atoms with van der Waals surface area (Å²) in [7, 11) is 0. The van der Waals surface area contributed by atoms with E-state index in [1.165, 1.54) is 6.07 Å². The quantitative estimate of drug-likeness (QED) is 0.870. The summed E-state index contributed by atoms with van der Waals surface area (Å²) in [5, 5.41) is 12.2. The first-order valence-electron chi connectivity index (χ1n) is 5.98. The summed E-state index contributed by atoms with van der Waals surface area (Å²) in [6, 6.07) is 3.37. The molecule has 0 bridgehead atoms. The Morgan fingerprint density at radius 3 is 2.56 bits per heavy atom. The zero-order chi connectivity index (χ0) is 13.9. The molecule has 0 heterocycles. The lowest BCUT2D eigenvalue weighted by atomic mass is 9.82. The summed E-state index contributed by atoms with van der Waals surface area (Å²) in [6.07, 6.45) is 0. The number of carbonyl (C=O) groups excluding carboxylic acids is 1. The van der Waals surface area contributed by atoms with Gasteiger partial charge in [-0.3, -0.25) is 4.79 Å². The molecule has 1 aromatic carbocycles. The van der Waals surface area contributed by atoms with Gasteiger partial charge < -0.3 is 10.4 Å². The van der Waals surface area contributed by atoms with Crippen LogP contribution in [0.5, 0.6) is 5.75 Å². The van der Waals surface area contributed by atoms with Crippen LogP contribution in [0.15, 0.2) is 18.2 Å². The number of phenols is 1. The Labute approximate surface area is 107 Å². The molecule has 18 heavy (non-hydrogen) atoms. The van der Waals surface area contributed by atoms with Crippen LogP contribution in [-0.4, -0.2) is 17.6 Å². The van der Waals surface area contributed by atoms with Crippen LogP contribution in [-0.2, 0) is 0 Å². The third-order valence-corrected chi connectivity index (χ3v) is 3.25. The second kappa shape index (κ2) is 5.38. The highest BCUT2D eigenvalue weighted by molar-refractivity contribution is 5.96. The highest BCUT2D eigenvalue weighted by Gasteiger charge is 2.21. The number of amides is 1. The van der Waals surface area contributed by atoms with Crippen molar-refractivity contribution < 1.29 is 14.3 Å². The van der Waals surface area contributed by atoms with Crippen molar-refractivity contribution >= 4 is 5.91 Å². The van der Waals surface area contributed by atoms with E-state index in [1.54, 1.807) is 0 Å². The summed E-state index contributed by atoms with van der Waals surface area (Å²) in [5.41, 5.74) is 0.190. The fourth-order valence-electron chi connectivity index (χ4n) is 1.34. The number of benzene rings is 1. The Balaban J connectivity index is 2.66.